The van der Waals surface area contributed by atoms with Gasteiger partial charge in [-0.15, -0.1) is 11.3 Å². The summed E-state index contributed by atoms with van der Waals surface area (Å²) in [5.74, 6) is -0.573. The lowest BCUT2D eigenvalue weighted by molar-refractivity contribution is -0.111. The minimum Gasteiger partial charge on any atom is -0.322 e. The molecule has 0 unspecified atom stereocenters. The highest BCUT2D eigenvalue weighted by molar-refractivity contribution is 7.14. The van der Waals surface area contributed by atoms with E-state index in [1.54, 1.807) is 28.8 Å². The lowest BCUT2D eigenvalue weighted by Gasteiger charge is -2.28. The number of nitrogens with zero attached hydrogens (tertiary/aromatic N) is 3. The van der Waals surface area contributed by atoms with E-state index in [4.69, 9.17) is 4.98 Å². The number of hydrogen-bond acceptors (Lipinski definition) is 6. The summed E-state index contributed by atoms with van der Waals surface area (Å²) in [5, 5.41) is 9.24. The van der Waals surface area contributed by atoms with E-state index in [0.717, 1.165) is 22.4 Å². The standard InChI is InChI=1S/C32H38F2N6O2S/c1-20(32(2,3)4)35-19-21-12-13-25-24(17-21)37-31(38-30(42)27-15-14-26(43-27)29(33)34)40(25)23-10-7-9-22(18-23)36-28(41)11-8-16-39(5)6/h7-15,17-18,20,29,35H,16,19H2,1-6H3,(H,36,41)(H,37,38,42)/b11-8+/t20-/m0/s1. The molecule has 0 aliphatic heterocycles. The number of benzene rings is 2. The fourth-order valence-electron chi connectivity index (χ4n) is 4.19. The third-order valence-electron chi connectivity index (χ3n) is 7.03. The van der Waals surface area contributed by atoms with Crippen molar-refractivity contribution in [2.24, 2.45) is 5.41 Å². The van der Waals surface area contributed by atoms with Gasteiger partial charge >= 0.3 is 0 Å². The maximum atomic E-state index is 13.2. The van der Waals surface area contributed by atoms with Crippen LogP contribution in [0.4, 0.5) is 20.4 Å². The number of amides is 2. The van der Waals surface area contributed by atoms with Crippen molar-refractivity contribution in [3.63, 3.8) is 0 Å². The Morgan fingerprint density at radius 2 is 1.84 bits per heavy atom. The van der Waals surface area contributed by atoms with Gasteiger partial charge in [-0.25, -0.2) is 13.8 Å². The van der Waals surface area contributed by atoms with Gasteiger partial charge in [0.25, 0.3) is 12.3 Å². The Morgan fingerprint density at radius 1 is 1.07 bits per heavy atom. The monoisotopic (exact) mass is 608 g/mol. The molecule has 0 spiro atoms. The third kappa shape index (κ3) is 8.34. The van der Waals surface area contributed by atoms with Crippen molar-refractivity contribution < 1.29 is 18.4 Å². The number of imidazole rings is 1. The molecule has 2 aromatic heterocycles. The van der Waals surface area contributed by atoms with Gasteiger partial charge < -0.3 is 15.5 Å². The van der Waals surface area contributed by atoms with Gasteiger partial charge in [0.2, 0.25) is 11.9 Å². The van der Waals surface area contributed by atoms with Gasteiger partial charge in [-0.3, -0.25) is 19.5 Å². The average Bonchev–Trinajstić information content (AvgIpc) is 3.56. The van der Waals surface area contributed by atoms with Crippen LogP contribution in [0.1, 0.15) is 54.2 Å². The van der Waals surface area contributed by atoms with Crippen LogP contribution < -0.4 is 16.0 Å². The summed E-state index contributed by atoms with van der Waals surface area (Å²) in [4.78, 5) is 32.3. The molecule has 2 amide bonds. The Morgan fingerprint density at radius 3 is 2.51 bits per heavy atom. The summed E-state index contributed by atoms with van der Waals surface area (Å²) in [6.45, 7) is 9.95. The molecule has 0 bridgehead atoms. The normalized spacial score (nSPS) is 12.9. The Balaban J connectivity index is 1.69. The second kappa shape index (κ2) is 13.6. The topological polar surface area (TPSA) is 91.3 Å². The van der Waals surface area contributed by atoms with Gasteiger partial charge in [-0.2, -0.15) is 0 Å². The smallest absolute Gasteiger partial charge is 0.272 e. The minimum absolute atomic E-state index is 0.0949. The number of carbonyl (C=O) groups excluding carboxylic acids is 2. The van der Waals surface area contributed by atoms with Crippen molar-refractivity contribution in [3.05, 3.63) is 82.1 Å². The molecule has 11 heteroatoms. The third-order valence-corrected chi connectivity index (χ3v) is 8.12. The molecule has 3 N–H and O–H groups in total. The average molecular weight is 609 g/mol. The zero-order chi connectivity index (χ0) is 31.3. The fourth-order valence-corrected chi connectivity index (χ4v) is 4.95. The summed E-state index contributed by atoms with van der Waals surface area (Å²) < 4.78 is 28.1. The minimum atomic E-state index is -2.65. The SMILES string of the molecule is C[C@H](NCc1ccc2c(c1)nc(NC(=O)c1ccc(C(F)F)s1)n2-c1cccc(NC(=O)/C=C/CN(C)C)c1)C(C)(C)C. The largest absolute Gasteiger partial charge is 0.322 e. The molecular formula is C32H38F2N6O2S. The van der Waals surface area contributed by atoms with Crippen molar-refractivity contribution in [2.45, 2.75) is 46.7 Å². The number of hydrogen-bond donors (Lipinski definition) is 3. The Bertz CT molecular complexity index is 1620. The van der Waals surface area contributed by atoms with Gasteiger partial charge in [-0.05, 0) is 74.5 Å². The van der Waals surface area contributed by atoms with Gasteiger partial charge in [0, 0.05) is 30.9 Å². The number of nitrogens with one attached hydrogen (secondary N) is 3. The van der Waals surface area contributed by atoms with E-state index in [1.165, 1.54) is 18.2 Å². The molecule has 4 aromatic rings. The van der Waals surface area contributed by atoms with E-state index in [9.17, 15) is 18.4 Å². The first-order valence-corrected chi connectivity index (χ1v) is 14.8. The highest BCUT2D eigenvalue weighted by Crippen LogP contribution is 2.30. The molecule has 2 heterocycles. The number of halogens is 2. The van der Waals surface area contributed by atoms with E-state index in [-0.39, 0.29) is 33.1 Å². The first-order valence-electron chi connectivity index (χ1n) is 14.0. The number of likely N-dealkylation sites (N-methyl/N-ethyl adjacent to an activating group) is 1. The number of thiophene rings is 1. The molecule has 228 valence electrons. The van der Waals surface area contributed by atoms with E-state index in [1.807, 2.05) is 43.3 Å². The van der Waals surface area contributed by atoms with Crippen LogP contribution in [0, 0.1) is 5.41 Å². The molecular weight excluding hydrogens is 570 g/mol. The van der Waals surface area contributed by atoms with Crippen LogP contribution in [0.25, 0.3) is 16.7 Å². The fraction of sp³-hybridized carbons (Fsp3) is 0.344. The lowest BCUT2D eigenvalue weighted by Crippen LogP contribution is -2.37. The van der Waals surface area contributed by atoms with E-state index in [2.05, 4.69) is 43.6 Å². The van der Waals surface area contributed by atoms with Crippen LogP contribution in [0.2, 0.25) is 0 Å². The molecule has 2 aromatic carbocycles. The molecule has 0 aliphatic carbocycles. The molecule has 1 atom stereocenters. The number of aromatic nitrogens is 2. The van der Waals surface area contributed by atoms with E-state index in [0.29, 0.717) is 30.0 Å². The highest BCUT2D eigenvalue weighted by atomic mass is 32.1. The summed E-state index contributed by atoms with van der Waals surface area (Å²) in [5.41, 5.74) is 3.72. The van der Waals surface area contributed by atoms with Gasteiger partial charge in [0.1, 0.15) is 0 Å². The molecule has 8 nitrogen and oxygen atoms in total. The number of alkyl halides is 2. The predicted molar refractivity (Wildman–Crippen MR) is 170 cm³/mol. The molecule has 0 saturated heterocycles. The molecule has 0 saturated carbocycles. The first kappa shape index (κ1) is 32.0. The highest BCUT2D eigenvalue weighted by Gasteiger charge is 2.21. The van der Waals surface area contributed by atoms with Crippen LogP contribution in [0.5, 0.6) is 0 Å². The Labute approximate surface area is 254 Å². The van der Waals surface area contributed by atoms with Crippen molar-refractivity contribution in [2.75, 3.05) is 31.3 Å². The lowest BCUT2D eigenvalue weighted by atomic mass is 9.88. The van der Waals surface area contributed by atoms with Gasteiger partial charge in [0.05, 0.1) is 26.5 Å². The molecule has 0 fully saturated rings. The second-order valence-electron chi connectivity index (χ2n) is 11.7. The quantitative estimate of drug-likeness (QED) is 0.162. The Kier molecular flexibility index (Phi) is 10.1. The molecule has 4 rings (SSSR count). The van der Waals surface area contributed by atoms with E-state index >= 15 is 0 Å². The van der Waals surface area contributed by atoms with Crippen molar-refractivity contribution in [1.82, 2.24) is 19.8 Å². The molecule has 43 heavy (non-hydrogen) atoms. The number of fused-ring (bicyclic) bond motifs is 1. The van der Waals surface area contributed by atoms with Crippen molar-refractivity contribution in [1.29, 1.82) is 0 Å². The van der Waals surface area contributed by atoms with Crippen molar-refractivity contribution >= 4 is 45.8 Å². The van der Waals surface area contributed by atoms with Gasteiger partial charge in [0.15, 0.2) is 0 Å². The molecule has 0 radical (unpaired) electrons. The van der Waals surface area contributed by atoms with E-state index < -0.39 is 12.3 Å². The summed E-state index contributed by atoms with van der Waals surface area (Å²) in [7, 11) is 3.83. The van der Waals surface area contributed by atoms with Crippen LogP contribution in [-0.2, 0) is 11.3 Å². The van der Waals surface area contributed by atoms with Crippen molar-refractivity contribution in [3.8, 4) is 5.69 Å². The van der Waals surface area contributed by atoms with Crippen LogP contribution >= 0.6 is 11.3 Å². The number of carbonyl (C=O) groups is 2. The summed E-state index contributed by atoms with van der Waals surface area (Å²) >= 11 is 0.744. The maximum absolute atomic E-state index is 13.2. The number of rotatable bonds is 11. The van der Waals surface area contributed by atoms with Crippen LogP contribution in [-0.4, -0.2) is 52.9 Å². The second-order valence-corrected chi connectivity index (χ2v) is 12.8. The van der Waals surface area contributed by atoms with Crippen LogP contribution in [0.15, 0.2) is 66.7 Å². The number of anilines is 2. The maximum Gasteiger partial charge on any atom is 0.272 e. The zero-order valence-electron chi connectivity index (χ0n) is 25.2. The first-order chi connectivity index (χ1) is 20.3. The summed E-state index contributed by atoms with van der Waals surface area (Å²) in [6.07, 6.45) is 0.602. The predicted octanol–water partition coefficient (Wildman–Crippen LogP) is 6.86. The molecule has 0 aliphatic rings. The zero-order valence-corrected chi connectivity index (χ0v) is 26.1. The Hall–Kier alpha value is -3.93. The van der Waals surface area contributed by atoms with Gasteiger partial charge in [-0.1, -0.05) is 39.0 Å². The van der Waals surface area contributed by atoms with Crippen LogP contribution in [0.3, 0.4) is 0 Å². The summed E-state index contributed by atoms with van der Waals surface area (Å²) in [6, 6.07) is 16.0.